The summed E-state index contributed by atoms with van der Waals surface area (Å²) >= 11 is 0. The van der Waals surface area contributed by atoms with Crippen molar-refractivity contribution in [1.82, 2.24) is 4.90 Å². The Balaban J connectivity index is 4.78. The summed E-state index contributed by atoms with van der Waals surface area (Å²) in [7, 11) is 3.24. The standard InChI is InChI=1S/C13H28N2O3/c1-10(9-18-6)15(7-8-17-5)12(16)11(14)13(2,3)4/h10-11H,7-9,14H2,1-6H3/t10?,11-/m1/s1. The summed E-state index contributed by atoms with van der Waals surface area (Å²) in [5, 5.41) is 0. The van der Waals surface area contributed by atoms with Crippen molar-refractivity contribution in [2.24, 2.45) is 11.1 Å². The summed E-state index contributed by atoms with van der Waals surface area (Å²) in [6.45, 7) is 9.36. The molecule has 0 aliphatic rings. The van der Waals surface area contributed by atoms with Crippen molar-refractivity contribution in [1.29, 1.82) is 0 Å². The lowest BCUT2D eigenvalue weighted by atomic mass is 9.86. The van der Waals surface area contributed by atoms with Crippen molar-refractivity contribution < 1.29 is 14.3 Å². The van der Waals surface area contributed by atoms with Crippen molar-refractivity contribution in [2.75, 3.05) is 34.0 Å². The topological polar surface area (TPSA) is 64.8 Å². The minimum Gasteiger partial charge on any atom is -0.383 e. The SMILES string of the molecule is COCCN(C(=O)[C@@H](N)C(C)(C)C)C(C)COC. The van der Waals surface area contributed by atoms with Gasteiger partial charge in [-0.05, 0) is 12.3 Å². The van der Waals surface area contributed by atoms with Gasteiger partial charge in [0.25, 0.3) is 0 Å². The Hall–Kier alpha value is -0.650. The normalized spacial score (nSPS) is 15.3. The van der Waals surface area contributed by atoms with Gasteiger partial charge in [-0.2, -0.15) is 0 Å². The summed E-state index contributed by atoms with van der Waals surface area (Å²) in [5.41, 5.74) is 5.77. The first-order chi connectivity index (χ1) is 8.25. The Morgan fingerprint density at radius 2 is 1.83 bits per heavy atom. The Bertz CT molecular complexity index is 251. The summed E-state index contributed by atoms with van der Waals surface area (Å²) in [6.07, 6.45) is 0. The van der Waals surface area contributed by atoms with Crippen LogP contribution in [0.25, 0.3) is 0 Å². The molecule has 0 spiro atoms. The van der Waals surface area contributed by atoms with E-state index in [1.165, 1.54) is 0 Å². The smallest absolute Gasteiger partial charge is 0.240 e. The molecule has 0 saturated carbocycles. The molecule has 2 atom stereocenters. The van der Waals surface area contributed by atoms with Crippen LogP contribution in [0, 0.1) is 5.41 Å². The van der Waals surface area contributed by atoms with E-state index < -0.39 is 6.04 Å². The summed E-state index contributed by atoms with van der Waals surface area (Å²) in [5.74, 6) is -0.0518. The van der Waals surface area contributed by atoms with E-state index in [9.17, 15) is 4.79 Å². The number of rotatable bonds is 7. The third kappa shape index (κ3) is 5.33. The molecule has 0 saturated heterocycles. The van der Waals surface area contributed by atoms with Gasteiger partial charge in [0.15, 0.2) is 0 Å². The molecule has 1 unspecified atom stereocenters. The van der Waals surface area contributed by atoms with Crippen molar-refractivity contribution >= 4 is 5.91 Å². The van der Waals surface area contributed by atoms with E-state index in [-0.39, 0.29) is 17.4 Å². The summed E-state index contributed by atoms with van der Waals surface area (Å²) in [6, 6.07) is -0.528. The van der Waals surface area contributed by atoms with Gasteiger partial charge in [0, 0.05) is 20.8 Å². The van der Waals surface area contributed by atoms with Crippen LogP contribution in [0.15, 0.2) is 0 Å². The van der Waals surface area contributed by atoms with Crippen LogP contribution in [0.1, 0.15) is 27.7 Å². The molecule has 0 radical (unpaired) electrons. The van der Waals surface area contributed by atoms with Crippen molar-refractivity contribution in [3.63, 3.8) is 0 Å². The number of nitrogens with zero attached hydrogens (tertiary/aromatic N) is 1. The van der Waals surface area contributed by atoms with Gasteiger partial charge in [-0.25, -0.2) is 0 Å². The van der Waals surface area contributed by atoms with Crippen molar-refractivity contribution in [3.05, 3.63) is 0 Å². The zero-order chi connectivity index (χ0) is 14.3. The lowest BCUT2D eigenvalue weighted by molar-refractivity contribution is -0.138. The Morgan fingerprint density at radius 1 is 1.28 bits per heavy atom. The second kappa shape index (κ2) is 7.71. The summed E-state index contributed by atoms with van der Waals surface area (Å²) < 4.78 is 10.1. The lowest BCUT2D eigenvalue weighted by Crippen LogP contribution is -2.54. The van der Waals surface area contributed by atoms with Crippen molar-refractivity contribution in [2.45, 2.75) is 39.8 Å². The zero-order valence-electron chi connectivity index (χ0n) is 12.5. The summed E-state index contributed by atoms with van der Waals surface area (Å²) in [4.78, 5) is 14.1. The minimum absolute atomic E-state index is 0.00829. The third-order valence-corrected chi connectivity index (χ3v) is 2.96. The molecule has 5 heteroatoms. The third-order valence-electron chi connectivity index (χ3n) is 2.96. The van der Waals surface area contributed by atoms with Gasteiger partial charge < -0.3 is 20.1 Å². The molecule has 0 rings (SSSR count). The van der Waals surface area contributed by atoms with E-state index >= 15 is 0 Å². The quantitative estimate of drug-likeness (QED) is 0.737. The molecule has 0 fully saturated rings. The molecule has 0 heterocycles. The van der Waals surface area contributed by atoms with Gasteiger partial charge in [0.1, 0.15) is 0 Å². The fraction of sp³-hybridized carbons (Fsp3) is 0.923. The predicted molar refractivity (Wildman–Crippen MR) is 72.4 cm³/mol. The van der Waals surface area contributed by atoms with Gasteiger partial charge in [-0.3, -0.25) is 4.79 Å². The molecule has 0 aliphatic carbocycles. The number of ether oxygens (including phenoxy) is 2. The Kier molecular flexibility index (Phi) is 7.43. The molecule has 0 bridgehead atoms. The number of hydrogen-bond acceptors (Lipinski definition) is 4. The van der Waals surface area contributed by atoms with Crippen LogP contribution < -0.4 is 5.73 Å². The molecule has 108 valence electrons. The van der Waals surface area contributed by atoms with E-state index in [0.29, 0.717) is 19.8 Å². The molecule has 2 N–H and O–H groups in total. The van der Waals surface area contributed by atoms with Gasteiger partial charge in [-0.15, -0.1) is 0 Å². The first kappa shape index (κ1) is 17.4. The molecule has 0 aromatic carbocycles. The van der Waals surface area contributed by atoms with Crippen LogP contribution in [0.2, 0.25) is 0 Å². The Morgan fingerprint density at radius 3 is 2.22 bits per heavy atom. The van der Waals surface area contributed by atoms with E-state index in [1.807, 2.05) is 27.7 Å². The molecular formula is C13H28N2O3. The van der Waals surface area contributed by atoms with Gasteiger partial charge in [0.2, 0.25) is 5.91 Å². The number of nitrogens with two attached hydrogens (primary N) is 1. The maximum atomic E-state index is 12.4. The molecule has 0 aromatic rings. The van der Waals surface area contributed by atoms with E-state index in [0.717, 1.165) is 0 Å². The van der Waals surface area contributed by atoms with Crippen LogP contribution in [0.5, 0.6) is 0 Å². The highest BCUT2D eigenvalue weighted by Crippen LogP contribution is 2.20. The van der Waals surface area contributed by atoms with E-state index in [4.69, 9.17) is 15.2 Å². The van der Waals surface area contributed by atoms with Crippen LogP contribution in [0.4, 0.5) is 0 Å². The zero-order valence-corrected chi connectivity index (χ0v) is 12.5. The van der Waals surface area contributed by atoms with Crippen LogP contribution in [-0.2, 0) is 14.3 Å². The van der Waals surface area contributed by atoms with Crippen molar-refractivity contribution in [3.8, 4) is 0 Å². The largest absolute Gasteiger partial charge is 0.383 e. The fourth-order valence-corrected chi connectivity index (χ4v) is 1.62. The van der Waals surface area contributed by atoms with E-state index in [1.54, 1.807) is 19.1 Å². The van der Waals surface area contributed by atoms with Crippen LogP contribution >= 0.6 is 0 Å². The highest BCUT2D eigenvalue weighted by Gasteiger charge is 2.32. The van der Waals surface area contributed by atoms with Gasteiger partial charge >= 0.3 is 0 Å². The predicted octanol–water partition coefficient (Wildman–Crippen LogP) is 0.870. The number of hydrogen-bond donors (Lipinski definition) is 1. The Labute approximate surface area is 111 Å². The second-order valence-electron chi connectivity index (χ2n) is 5.67. The maximum absolute atomic E-state index is 12.4. The monoisotopic (exact) mass is 260 g/mol. The van der Waals surface area contributed by atoms with Crippen LogP contribution in [0.3, 0.4) is 0 Å². The number of methoxy groups -OCH3 is 2. The van der Waals surface area contributed by atoms with E-state index in [2.05, 4.69) is 0 Å². The first-order valence-electron chi connectivity index (χ1n) is 6.29. The first-order valence-corrected chi connectivity index (χ1v) is 6.29. The lowest BCUT2D eigenvalue weighted by Gasteiger charge is -2.35. The average molecular weight is 260 g/mol. The maximum Gasteiger partial charge on any atom is 0.240 e. The molecule has 0 aliphatic heterocycles. The minimum atomic E-state index is -0.520. The second-order valence-corrected chi connectivity index (χ2v) is 5.67. The highest BCUT2D eigenvalue weighted by atomic mass is 16.5. The number of amides is 1. The molecule has 0 aromatic heterocycles. The van der Waals surface area contributed by atoms with Gasteiger partial charge in [-0.1, -0.05) is 20.8 Å². The van der Waals surface area contributed by atoms with Crippen LogP contribution in [-0.4, -0.2) is 56.9 Å². The molecule has 18 heavy (non-hydrogen) atoms. The molecule has 5 nitrogen and oxygen atoms in total. The fourth-order valence-electron chi connectivity index (χ4n) is 1.62. The molecule has 1 amide bonds. The average Bonchev–Trinajstić information content (AvgIpc) is 2.27. The number of carbonyl (C=O) groups excluding carboxylic acids is 1. The highest BCUT2D eigenvalue weighted by molar-refractivity contribution is 5.82. The number of carbonyl (C=O) groups is 1. The van der Waals surface area contributed by atoms with Gasteiger partial charge in [0.05, 0.1) is 25.3 Å². The molecular weight excluding hydrogens is 232 g/mol.